The molecule has 0 bridgehead atoms. The van der Waals surface area contributed by atoms with Gasteiger partial charge in [-0.3, -0.25) is 0 Å². The monoisotopic (exact) mass is 182 g/mol. The van der Waals surface area contributed by atoms with Crippen molar-refractivity contribution in [1.29, 1.82) is 0 Å². The third kappa shape index (κ3) is 1.80. The van der Waals surface area contributed by atoms with Crippen molar-refractivity contribution in [3.63, 3.8) is 0 Å². The summed E-state index contributed by atoms with van der Waals surface area (Å²) in [5, 5.41) is 14.1. The highest BCUT2D eigenvalue weighted by Gasteiger charge is 2.21. The Balaban J connectivity index is 2.03. The number of hydrogen-bond donors (Lipinski definition) is 2. The molecule has 5 heteroatoms. The summed E-state index contributed by atoms with van der Waals surface area (Å²) in [6, 6.07) is 0.783. The van der Waals surface area contributed by atoms with Crippen LogP contribution in [0.1, 0.15) is 31.7 Å². The van der Waals surface area contributed by atoms with Gasteiger partial charge in [-0.25, -0.2) is 0 Å². The van der Waals surface area contributed by atoms with Crippen LogP contribution in [-0.4, -0.2) is 23.3 Å². The first kappa shape index (κ1) is 8.50. The molecule has 1 fully saturated rings. The first-order valence-electron chi connectivity index (χ1n) is 4.71. The van der Waals surface area contributed by atoms with E-state index in [1.165, 1.54) is 6.42 Å². The van der Waals surface area contributed by atoms with E-state index in [9.17, 15) is 0 Å². The van der Waals surface area contributed by atoms with Gasteiger partial charge in [0.25, 0.3) is 0 Å². The Morgan fingerprint density at radius 2 is 2.54 bits per heavy atom. The van der Waals surface area contributed by atoms with E-state index < -0.39 is 0 Å². The minimum atomic E-state index is 0.264. The maximum atomic E-state index is 5.41. The Morgan fingerprint density at radius 3 is 3.23 bits per heavy atom. The molecule has 1 aromatic heterocycles. The maximum absolute atomic E-state index is 5.41. The molecule has 1 atom stereocenters. The summed E-state index contributed by atoms with van der Waals surface area (Å²) in [5.74, 6) is 0.702. The summed E-state index contributed by atoms with van der Waals surface area (Å²) < 4.78 is 5.41. The van der Waals surface area contributed by atoms with Gasteiger partial charge in [0.2, 0.25) is 5.89 Å². The van der Waals surface area contributed by atoms with Crippen LogP contribution in [0.4, 0.5) is 6.01 Å². The van der Waals surface area contributed by atoms with Gasteiger partial charge in [0.15, 0.2) is 0 Å². The summed E-state index contributed by atoms with van der Waals surface area (Å²) in [4.78, 5) is 0. The van der Waals surface area contributed by atoms with Crippen molar-refractivity contribution in [2.75, 3.05) is 18.4 Å². The van der Waals surface area contributed by atoms with Crippen molar-refractivity contribution < 1.29 is 4.42 Å². The smallest absolute Gasteiger partial charge is 0.315 e. The molecule has 72 valence electrons. The van der Waals surface area contributed by atoms with Crippen LogP contribution in [0.15, 0.2) is 4.42 Å². The van der Waals surface area contributed by atoms with Gasteiger partial charge in [-0.1, -0.05) is 5.10 Å². The Hall–Kier alpha value is -1.10. The Bertz CT molecular complexity index is 267. The van der Waals surface area contributed by atoms with Crippen LogP contribution < -0.4 is 10.6 Å². The van der Waals surface area contributed by atoms with E-state index in [4.69, 9.17) is 4.42 Å². The van der Waals surface area contributed by atoms with Crippen molar-refractivity contribution in [3.8, 4) is 0 Å². The maximum Gasteiger partial charge on any atom is 0.315 e. The molecule has 1 unspecified atom stereocenters. The lowest BCUT2D eigenvalue weighted by atomic mass is 10.2. The number of hydrogen-bond acceptors (Lipinski definition) is 5. The normalized spacial score (nSPS) is 22.1. The minimum absolute atomic E-state index is 0.264. The highest BCUT2D eigenvalue weighted by atomic mass is 16.4. The molecule has 2 N–H and O–H groups in total. The number of anilines is 1. The van der Waals surface area contributed by atoms with Crippen LogP contribution in [0.3, 0.4) is 0 Å². The summed E-state index contributed by atoms with van der Waals surface area (Å²) in [6.07, 6.45) is 2.28. The van der Waals surface area contributed by atoms with E-state index in [0.29, 0.717) is 11.9 Å². The topological polar surface area (TPSA) is 63.0 Å². The van der Waals surface area contributed by atoms with Crippen molar-refractivity contribution in [1.82, 2.24) is 15.5 Å². The number of nitrogens with zero attached hydrogens (tertiary/aromatic N) is 2. The highest BCUT2D eigenvalue weighted by Crippen LogP contribution is 2.22. The third-order valence-electron chi connectivity index (χ3n) is 2.13. The molecule has 0 amide bonds. The standard InChI is InChI=1S/C8H14N4O/c1-2-9-8-12-11-7(13-8)6-4-3-5-10-6/h6,10H,2-5H2,1H3,(H,9,12). The minimum Gasteiger partial charge on any atom is -0.406 e. The summed E-state index contributed by atoms with van der Waals surface area (Å²) >= 11 is 0. The zero-order chi connectivity index (χ0) is 9.10. The third-order valence-corrected chi connectivity index (χ3v) is 2.13. The van der Waals surface area contributed by atoms with E-state index in [-0.39, 0.29) is 6.04 Å². The number of rotatable bonds is 3. The summed E-state index contributed by atoms with van der Waals surface area (Å²) in [6.45, 7) is 3.85. The van der Waals surface area contributed by atoms with Gasteiger partial charge in [0.05, 0.1) is 6.04 Å². The summed E-state index contributed by atoms with van der Waals surface area (Å²) in [7, 11) is 0. The molecule has 0 aliphatic carbocycles. The van der Waals surface area contributed by atoms with E-state index in [2.05, 4.69) is 20.8 Å². The van der Waals surface area contributed by atoms with Crippen molar-refractivity contribution in [3.05, 3.63) is 5.89 Å². The molecule has 1 aliphatic rings. The van der Waals surface area contributed by atoms with Gasteiger partial charge >= 0.3 is 6.01 Å². The lowest BCUT2D eigenvalue weighted by Gasteiger charge is -2.02. The zero-order valence-corrected chi connectivity index (χ0v) is 7.71. The molecule has 5 nitrogen and oxygen atoms in total. The van der Waals surface area contributed by atoms with Crippen LogP contribution in [0, 0.1) is 0 Å². The van der Waals surface area contributed by atoms with Crippen LogP contribution in [-0.2, 0) is 0 Å². The molecule has 0 aromatic carbocycles. The molecule has 1 aliphatic heterocycles. The average Bonchev–Trinajstić information content (AvgIpc) is 2.70. The molecular weight excluding hydrogens is 168 g/mol. The lowest BCUT2D eigenvalue weighted by Crippen LogP contribution is -2.12. The number of nitrogens with one attached hydrogen (secondary N) is 2. The van der Waals surface area contributed by atoms with Crippen LogP contribution in [0.5, 0.6) is 0 Å². The number of aromatic nitrogens is 2. The highest BCUT2D eigenvalue weighted by molar-refractivity contribution is 5.16. The SMILES string of the molecule is CCNc1nnc(C2CCCN2)o1. The first-order valence-corrected chi connectivity index (χ1v) is 4.71. The van der Waals surface area contributed by atoms with Gasteiger partial charge in [0.1, 0.15) is 0 Å². The molecule has 13 heavy (non-hydrogen) atoms. The van der Waals surface area contributed by atoms with Crippen molar-refractivity contribution in [2.24, 2.45) is 0 Å². The quantitative estimate of drug-likeness (QED) is 0.728. The Morgan fingerprint density at radius 1 is 1.62 bits per heavy atom. The van der Waals surface area contributed by atoms with E-state index in [0.717, 1.165) is 19.5 Å². The lowest BCUT2D eigenvalue weighted by molar-refractivity contribution is 0.437. The average molecular weight is 182 g/mol. The van der Waals surface area contributed by atoms with Gasteiger partial charge < -0.3 is 15.1 Å². The molecular formula is C8H14N4O. The second kappa shape index (κ2) is 3.74. The molecule has 1 aromatic rings. The van der Waals surface area contributed by atoms with Crippen molar-refractivity contribution in [2.45, 2.75) is 25.8 Å². The van der Waals surface area contributed by atoms with Gasteiger partial charge in [-0.2, -0.15) is 0 Å². The molecule has 0 radical (unpaired) electrons. The van der Waals surface area contributed by atoms with E-state index in [1.807, 2.05) is 6.92 Å². The molecule has 2 heterocycles. The predicted molar refractivity (Wildman–Crippen MR) is 48.4 cm³/mol. The second-order valence-corrected chi connectivity index (χ2v) is 3.12. The fourth-order valence-electron chi connectivity index (χ4n) is 1.49. The molecule has 0 spiro atoms. The molecule has 1 saturated heterocycles. The molecule has 0 saturated carbocycles. The zero-order valence-electron chi connectivity index (χ0n) is 7.71. The van der Waals surface area contributed by atoms with Gasteiger partial charge in [-0.05, 0) is 26.3 Å². The van der Waals surface area contributed by atoms with Crippen LogP contribution in [0.25, 0.3) is 0 Å². The molecule has 2 rings (SSSR count). The van der Waals surface area contributed by atoms with E-state index >= 15 is 0 Å². The fraction of sp³-hybridized carbons (Fsp3) is 0.750. The first-order chi connectivity index (χ1) is 6.40. The van der Waals surface area contributed by atoms with Crippen LogP contribution in [0.2, 0.25) is 0 Å². The van der Waals surface area contributed by atoms with E-state index in [1.54, 1.807) is 0 Å². The van der Waals surface area contributed by atoms with Crippen molar-refractivity contribution >= 4 is 6.01 Å². The fourth-order valence-corrected chi connectivity index (χ4v) is 1.49. The second-order valence-electron chi connectivity index (χ2n) is 3.12. The Kier molecular flexibility index (Phi) is 2.44. The van der Waals surface area contributed by atoms with Gasteiger partial charge in [-0.15, -0.1) is 5.10 Å². The van der Waals surface area contributed by atoms with Gasteiger partial charge in [0, 0.05) is 6.54 Å². The predicted octanol–water partition coefficient (Wildman–Crippen LogP) is 0.926. The Labute approximate surface area is 76.9 Å². The largest absolute Gasteiger partial charge is 0.406 e. The summed E-state index contributed by atoms with van der Waals surface area (Å²) in [5.41, 5.74) is 0. The van der Waals surface area contributed by atoms with Crippen LogP contribution >= 0.6 is 0 Å².